The minimum Gasteiger partial charge on any atom is -0.478 e. The van der Waals surface area contributed by atoms with Gasteiger partial charge in [0.15, 0.2) is 0 Å². The van der Waals surface area contributed by atoms with Crippen LogP contribution in [0.5, 0.6) is 5.75 Å². The van der Waals surface area contributed by atoms with E-state index >= 15 is 0 Å². The Morgan fingerprint density at radius 1 is 1.20 bits per heavy atom. The van der Waals surface area contributed by atoms with E-state index in [2.05, 4.69) is 0 Å². The van der Waals surface area contributed by atoms with E-state index in [0.717, 1.165) is 3.57 Å². The first kappa shape index (κ1) is 19.0. The monoisotopic (exact) mass is 648 g/mol. The highest BCUT2D eigenvalue weighted by atomic mass is 127. The van der Waals surface area contributed by atoms with Crippen LogP contribution in [0, 0.1) is 10.7 Å². The third-order valence-electron chi connectivity index (χ3n) is 1.95. The van der Waals surface area contributed by atoms with E-state index in [1.54, 1.807) is 57.3 Å². The molecular weight excluding hydrogens is 642 g/mol. The Balaban J connectivity index is 3.14. The van der Waals surface area contributed by atoms with Crippen molar-refractivity contribution >= 4 is 77.9 Å². The summed E-state index contributed by atoms with van der Waals surface area (Å²) in [4.78, 5) is 0. The van der Waals surface area contributed by atoms with E-state index in [-0.39, 0.29) is 5.75 Å². The van der Waals surface area contributed by atoms with E-state index in [0.29, 0.717) is 7.14 Å². The summed E-state index contributed by atoms with van der Waals surface area (Å²) in [6, 6.07) is 3.19. The second kappa shape index (κ2) is 6.99. The van der Waals surface area contributed by atoms with Crippen LogP contribution in [-0.4, -0.2) is 31.0 Å². The van der Waals surface area contributed by atoms with Crippen molar-refractivity contribution in [1.29, 1.82) is 0 Å². The molecule has 1 unspecified atom stereocenters. The summed E-state index contributed by atoms with van der Waals surface area (Å²) >= 11 is 5.59. The second-order valence-corrected chi connectivity index (χ2v) is 8.66. The molecule has 0 aliphatic rings. The van der Waals surface area contributed by atoms with Gasteiger partial charge in [-0.3, -0.25) is 4.55 Å². The Morgan fingerprint density at radius 3 is 2.00 bits per heavy atom. The third-order valence-corrected chi connectivity index (χ3v) is 4.90. The molecule has 0 heterocycles. The third kappa shape index (κ3) is 5.96. The first-order chi connectivity index (χ1) is 8.90. The Labute approximate surface area is 154 Å². The standard InChI is InChI=1S/C9H6F3I3O4S/c10-9(11,12)7(3-20(16,17)18)19-8-5(14)1-4(13)2-6(8)15/h1-2,7H,3H2,(H,16,17,18). The van der Waals surface area contributed by atoms with Crippen molar-refractivity contribution in [3.05, 3.63) is 22.8 Å². The van der Waals surface area contributed by atoms with E-state index in [1.807, 2.05) is 22.6 Å². The van der Waals surface area contributed by atoms with E-state index in [4.69, 9.17) is 9.29 Å². The predicted molar refractivity (Wildman–Crippen MR) is 91.5 cm³/mol. The topological polar surface area (TPSA) is 63.6 Å². The maximum Gasteiger partial charge on any atom is 0.426 e. The quantitative estimate of drug-likeness (QED) is 0.400. The van der Waals surface area contributed by atoms with Crippen LogP contribution >= 0.6 is 67.8 Å². The fourth-order valence-corrected chi connectivity index (χ4v) is 5.65. The summed E-state index contributed by atoms with van der Waals surface area (Å²) in [5.74, 6) is -1.60. The highest BCUT2D eigenvalue weighted by Crippen LogP contribution is 2.33. The smallest absolute Gasteiger partial charge is 0.426 e. The van der Waals surface area contributed by atoms with Crippen molar-refractivity contribution in [2.45, 2.75) is 12.3 Å². The molecule has 0 spiro atoms. The van der Waals surface area contributed by atoms with Gasteiger partial charge >= 0.3 is 6.18 Å². The first-order valence-electron chi connectivity index (χ1n) is 4.73. The molecule has 0 bridgehead atoms. The summed E-state index contributed by atoms with van der Waals surface area (Å²) in [7, 11) is -4.81. The Morgan fingerprint density at radius 2 is 1.65 bits per heavy atom. The largest absolute Gasteiger partial charge is 0.478 e. The van der Waals surface area contributed by atoms with Crippen LogP contribution < -0.4 is 4.74 Å². The van der Waals surface area contributed by atoms with Gasteiger partial charge in [0.25, 0.3) is 10.1 Å². The maximum atomic E-state index is 12.8. The number of ether oxygens (including phenoxy) is 1. The van der Waals surface area contributed by atoms with Crippen molar-refractivity contribution in [2.75, 3.05) is 5.75 Å². The molecule has 0 amide bonds. The SMILES string of the molecule is O=S(=O)(O)CC(Oc1c(I)cc(I)cc1I)C(F)(F)F. The van der Waals surface area contributed by atoms with Gasteiger partial charge < -0.3 is 4.74 Å². The minimum absolute atomic E-state index is 0.0578. The van der Waals surface area contributed by atoms with Gasteiger partial charge in [0.1, 0.15) is 11.5 Å². The zero-order chi connectivity index (χ0) is 15.7. The summed E-state index contributed by atoms with van der Waals surface area (Å²) < 4.78 is 74.7. The minimum atomic E-state index is -4.91. The highest BCUT2D eigenvalue weighted by molar-refractivity contribution is 14.1. The van der Waals surface area contributed by atoms with Gasteiger partial charge in [-0.1, -0.05) is 0 Å². The predicted octanol–water partition coefficient (Wildman–Crippen LogP) is 3.70. The normalized spacial score (nSPS) is 14.2. The van der Waals surface area contributed by atoms with Crippen LogP contribution in [0.4, 0.5) is 13.2 Å². The number of hydrogen-bond acceptors (Lipinski definition) is 3. The summed E-state index contributed by atoms with van der Waals surface area (Å²) in [6.45, 7) is 0. The molecule has 1 aromatic carbocycles. The number of hydrogen-bond donors (Lipinski definition) is 1. The molecule has 0 aliphatic heterocycles. The van der Waals surface area contributed by atoms with Gasteiger partial charge in [-0.05, 0) is 79.9 Å². The number of benzene rings is 1. The summed E-state index contributed by atoms with van der Waals surface area (Å²) in [5, 5.41) is 0. The average molecular weight is 648 g/mol. The molecule has 11 heteroatoms. The van der Waals surface area contributed by atoms with E-state index < -0.39 is 28.2 Å². The molecule has 0 aromatic heterocycles. The Kier molecular flexibility index (Phi) is 6.63. The van der Waals surface area contributed by atoms with Gasteiger partial charge in [0.2, 0.25) is 6.10 Å². The molecule has 1 rings (SSSR count). The zero-order valence-electron chi connectivity index (χ0n) is 9.29. The molecular formula is C9H6F3I3O4S. The molecule has 1 aromatic rings. The highest BCUT2D eigenvalue weighted by Gasteiger charge is 2.45. The van der Waals surface area contributed by atoms with Crippen LogP contribution in [0.3, 0.4) is 0 Å². The van der Waals surface area contributed by atoms with Gasteiger partial charge in [-0.2, -0.15) is 21.6 Å². The molecule has 1 N–H and O–H groups in total. The fourth-order valence-electron chi connectivity index (χ4n) is 1.17. The molecule has 1 atom stereocenters. The lowest BCUT2D eigenvalue weighted by molar-refractivity contribution is -0.188. The van der Waals surface area contributed by atoms with E-state index in [1.165, 1.54) is 0 Å². The van der Waals surface area contributed by atoms with Crippen molar-refractivity contribution in [3.63, 3.8) is 0 Å². The van der Waals surface area contributed by atoms with Crippen molar-refractivity contribution in [1.82, 2.24) is 0 Å². The van der Waals surface area contributed by atoms with Crippen LogP contribution in [-0.2, 0) is 10.1 Å². The van der Waals surface area contributed by atoms with Gasteiger partial charge in [-0.25, -0.2) is 0 Å². The second-order valence-electron chi connectivity index (χ2n) is 3.60. The molecule has 20 heavy (non-hydrogen) atoms. The maximum absolute atomic E-state index is 12.8. The molecule has 0 aliphatic carbocycles. The van der Waals surface area contributed by atoms with Crippen molar-refractivity contribution < 1.29 is 30.9 Å². The van der Waals surface area contributed by atoms with Crippen LogP contribution in [0.25, 0.3) is 0 Å². The average Bonchev–Trinajstić information content (AvgIpc) is 2.18. The number of halogens is 6. The van der Waals surface area contributed by atoms with Gasteiger partial charge in [0.05, 0.1) is 7.14 Å². The van der Waals surface area contributed by atoms with Crippen LogP contribution in [0.1, 0.15) is 0 Å². The van der Waals surface area contributed by atoms with Crippen LogP contribution in [0.15, 0.2) is 12.1 Å². The lowest BCUT2D eigenvalue weighted by atomic mass is 10.3. The fraction of sp³-hybridized carbons (Fsp3) is 0.333. The van der Waals surface area contributed by atoms with Crippen LogP contribution in [0.2, 0.25) is 0 Å². The van der Waals surface area contributed by atoms with Crippen molar-refractivity contribution in [3.8, 4) is 5.75 Å². The molecule has 0 fully saturated rings. The number of rotatable bonds is 4. The van der Waals surface area contributed by atoms with Crippen molar-refractivity contribution in [2.24, 2.45) is 0 Å². The Hall–Kier alpha value is 0.910. The lowest BCUT2D eigenvalue weighted by Gasteiger charge is -2.22. The molecule has 0 radical (unpaired) electrons. The summed E-state index contributed by atoms with van der Waals surface area (Å²) in [6.07, 6.45) is -7.54. The lowest BCUT2D eigenvalue weighted by Crippen LogP contribution is -2.40. The zero-order valence-corrected chi connectivity index (χ0v) is 16.6. The first-order valence-corrected chi connectivity index (χ1v) is 9.58. The Bertz CT molecular complexity index is 580. The molecule has 114 valence electrons. The van der Waals surface area contributed by atoms with Gasteiger partial charge in [0, 0.05) is 3.57 Å². The molecule has 0 saturated carbocycles. The number of alkyl halides is 3. The summed E-state index contributed by atoms with van der Waals surface area (Å²) in [5.41, 5.74) is 0. The molecule has 0 saturated heterocycles. The molecule has 4 nitrogen and oxygen atoms in total. The van der Waals surface area contributed by atoms with E-state index in [9.17, 15) is 21.6 Å². The van der Waals surface area contributed by atoms with Gasteiger partial charge in [-0.15, -0.1) is 0 Å².